The number of benzene rings is 3. The molecule has 5 rings (SSSR count). The summed E-state index contributed by atoms with van der Waals surface area (Å²) >= 11 is 0. The minimum absolute atomic E-state index is 0.0572. The minimum Gasteiger partial charge on any atom is -0.497 e. The van der Waals surface area contributed by atoms with Crippen LogP contribution < -0.4 is 9.64 Å². The second-order valence-corrected chi connectivity index (χ2v) is 12.4. The summed E-state index contributed by atoms with van der Waals surface area (Å²) in [5, 5.41) is 8.83. The molecule has 0 N–H and O–H groups in total. The monoisotopic (exact) mass is 603 g/mol. The number of anilines is 1. The number of halogens is 1. The Morgan fingerprint density at radius 3 is 2.26 bits per heavy atom. The van der Waals surface area contributed by atoms with Gasteiger partial charge in [0.05, 0.1) is 24.2 Å². The molecule has 0 atom stereocenters. The molecule has 9 nitrogen and oxygen atoms in total. The maximum Gasteiger partial charge on any atom is 0.243 e. The molecule has 3 aromatic carbocycles. The summed E-state index contributed by atoms with van der Waals surface area (Å²) < 4.78 is 47.2. The number of rotatable bonds is 9. The van der Waals surface area contributed by atoms with E-state index < -0.39 is 15.8 Å². The molecule has 0 spiro atoms. The van der Waals surface area contributed by atoms with E-state index in [1.54, 1.807) is 24.1 Å². The average Bonchev–Trinajstić information content (AvgIpc) is 3.29. The van der Waals surface area contributed by atoms with Gasteiger partial charge in [0.2, 0.25) is 15.9 Å². The van der Waals surface area contributed by atoms with E-state index in [0.717, 1.165) is 22.6 Å². The zero-order chi connectivity index (χ0) is 30.4. The van der Waals surface area contributed by atoms with Crippen LogP contribution in [0, 0.1) is 12.7 Å². The Hall–Kier alpha value is -4.35. The lowest BCUT2D eigenvalue weighted by Crippen LogP contribution is -2.44. The van der Waals surface area contributed by atoms with Crippen LogP contribution in [0.1, 0.15) is 17.5 Å². The number of carbonyl (C=O) groups excluding carboxylic acids is 1. The molecule has 0 aliphatic carbocycles. The number of amides is 1. The summed E-state index contributed by atoms with van der Waals surface area (Å²) in [4.78, 5) is 17.4. The predicted octanol–water partition coefficient (Wildman–Crippen LogP) is 4.53. The highest BCUT2D eigenvalue weighted by molar-refractivity contribution is 7.89. The summed E-state index contributed by atoms with van der Waals surface area (Å²) in [5.74, 6) is 0.775. The van der Waals surface area contributed by atoms with Crippen LogP contribution in [0.3, 0.4) is 0 Å². The van der Waals surface area contributed by atoms with Gasteiger partial charge in [0.25, 0.3) is 0 Å². The maximum absolute atomic E-state index is 13.7. The van der Waals surface area contributed by atoms with Gasteiger partial charge >= 0.3 is 0 Å². The third-order valence-corrected chi connectivity index (χ3v) is 9.26. The Labute approximate surface area is 251 Å². The van der Waals surface area contributed by atoms with Gasteiger partial charge in [-0.05, 0) is 79.6 Å². The first kappa shape index (κ1) is 30.1. The number of sulfonamides is 1. The number of methoxy groups -OCH3 is 1. The Morgan fingerprint density at radius 2 is 1.60 bits per heavy atom. The second kappa shape index (κ2) is 13.3. The molecule has 1 amide bonds. The van der Waals surface area contributed by atoms with E-state index in [2.05, 4.69) is 15.1 Å². The second-order valence-electron chi connectivity index (χ2n) is 10.4. The van der Waals surface area contributed by atoms with E-state index >= 15 is 0 Å². The smallest absolute Gasteiger partial charge is 0.243 e. The van der Waals surface area contributed by atoms with Crippen molar-refractivity contribution < 1.29 is 22.3 Å². The van der Waals surface area contributed by atoms with Crippen molar-refractivity contribution in [3.05, 3.63) is 102 Å². The minimum atomic E-state index is -4.00. The van der Waals surface area contributed by atoms with Gasteiger partial charge in [0, 0.05) is 38.3 Å². The van der Waals surface area contributed by atoms with Crippen molar-refractivity contribution in [3.63, 3.8) is 0 Å². The van der Waals surface area contributed by atoms with Crippen LogP contribution in [0.25, 0.3) is 11.3 Å². The highest BCUT2D eigenvalue weighted by Crippen LogP contribution is 2.23. The van der Waals surface area contributed by atoms with Gasteiger partial charge in [-0.15, -0.1) is 10.2 Å². The topological polar surface area (TPSA) is 95.9 Å². The van der Waals surface area contributed by atoms with Crippen molar-refractivity contribution in [2.45, 2.75) is 24.8 Å². The molecular weight excluding hydrogens is 569 g/mol. The number of ether oxygens (including phenoxy) is 1. The first-order chi connectivity index (χ1) is 20.7. The van der Waals surface area contributed by atoms with Crippen molar-refractivity contribution in [3.8, 4) is 17.0 Å². The summed E-state index contributed by atoms with van der Waals surface area (Å²) in [6.45, 7) is 3.60. The molecular formula is C32H34FN5O4S. The van der Waals surface area contributed by atoms with Gasteiger partial charge in [0.1, 0.15) is 11.6 Å². The average molecular weight is 604 g/mol. The fraction of sp³-hybridized carbons (Fsp3) is 0.281. The zero-order valence-corrected chi connectivity index (χ0v) is 25.0. The lowest BCUT2D eigenvalue weighted by molar-refractivity contribution is -0.131. The van der Waals surface area contributed by atoms with Crippen molar-refractivity contribution in [2.24, 2.45) is 0 Å². The molecule has 2 heterocycles. The van der Waals surface area contributed by atoms with E-state index in [4.69, 9.17) is 4.74 Å². The Kier molecular flexibility index (Phi) is 9.32. The molecule has 224 valence electrons. The standard InChI is InChI=1S/C32H34FN5O4S/c1-24-4-14-29(15-5-24)43(40,41)38(22-25-6-10-27(33)11-7-25)23-32(39)37-19-3-18-36(20-21-37)31-17-16-30(34-35-31)26-8-12-28(42-2)13-9-26/h4-17H,3,18-23H2,1-2H3. The number of nitrogens with zero attached hydrogens (tertiary/aromatic N) is 5. The van der Waals surface area contributed by atoms with E-state index in [1.807, 2.05) is 43.3 Å². The number of hydrogen-bond acceptors (Lipinski definition) is 7. The van der Waals surface area contributed by atoms with E-state index in [1.165, 1.54) is 40.7 Å². The van der Waals surface area contributed by atoms with Crippen LogP contribution >= 0.6 is 0 Å². The van der Waals surface area contributed by atoms with Crippen molar-refractivity contribution >= 4 is 21.7 Å². The Balaban J connectivity index is 1.27. The maximum atomic E-state index is 13.7. The molecule has 43 heavy (non-hydrogen) atoms. The molecule has 1 aromatic heterocycles. The molecule has 0 bridgehead atoms. The molecule has 0 radical (unpaired) electrons. The normalized spacial score (nSPS) is 14.0. The fourth-order valence-electron chi connectivity index (χ4n) is 4.94. The lowest BCUT2D eigenvalue weighted by atomic mass is 10.1. The molecule has 0 unspecified atom stereocenters. The predicted molar refractivity (Wildman–Crippen MR) is 163 cm³/mol. The van der Waals surface area contributed by atoms with E-state index in [9.17, 15) is 17.6 Å². The Bertz CT molecular complexity index is 1630. The van der Waals surface area contributed by atoms with Gasteiger partial charge < -0.3 is 14.5 Å². The first-order valence-electron chi connectivity index (χ1n) is 14.0. The highest BCUT2D eigenvalue weighted by atomic mass is 32.2. The summed E-state index contributed by atoms with van der Waals surface area (Å²) in [5.41, 5.74) is 3.19. The first-order valence-corrected chi connectivity index (χ1v) is 15.5. The van der Waals surface area contributed by atoms with Crippen LogP contribution in [0.2, 0.25) is 0 Å². The van der Waals surface area contributed by atoms with Crippen LogP contribution in [0.15, 0.2) is 89.8 Å². The van der Waals surface area contributed by atoms with Gasteiger partial charge in [-0.2, -0.15) is 4.31 Å². The third kappa shape index (κ3) is 7.36. The van der Waals surface area contributed by atoms with Crippen LogP contribution in [0.5, 0.6) is 5.75 Å². The molecule has 1 saturated heterocycles. The highest BCUT2D eigenvalue weighted by Gasteiger charge is 2.30. The molecule has 0 saturated carbocycles. The molecule has 1 aliphatic heterocycles. The molecule has 1 fully saturated rings. The van der Waals surface area contributed by atoms with Gasteiger partial charge in [-0.1, -0.05) is 29.8 Å². The largest absolute Gasteiger partial charge is 0.497 e. The van der Waals surface area contributed by atoms with Gasteiger partial charge in [-0.25, -0.2) is 12.8 Å². The van der Waals surface area contributed by atoms with Crippen LogP contribution in [-0.4, -0.2) is 73.6 Å². The molecule has 11 heteroatoms. The SMILES string of the molecule is COc1ccc(-c2ccc(N3CCCN(C(=O)CN(Cc4ccc(F)cc4)S(=O)(=O)c4ccc(C)cc4)CC3)nn2)cc1. The zero-order valence-electron chi connectivity index (χ0n) is 24.2. The number of hydrogen-bond donors (Lipinski definition) is 0. The van der Waals surface area contributed by atoms with Crippen molar-refractivity contribution in [1.82, 2.24) is 19.4 Å². The van der Waals surface area contributed by atoms with Crippen molar-refractivity contribution in [2.75, 3.05) is 44.7 Å². The lowest BCUT2D eigenvalue weighted by Gasteiger charge is -2.27. The quantitative estimate of drug-likeness (QED) is 0.277. The number of aryl methyl sites for hydroxylation is 1. The summed E-state index contributed by atoms with van der Waals surface area (Å²) in [7, 11) is -2.38. The summed E-state index contributed by atoms with van der Waals surface area (Å²) in [6.07, 6.45) is 0.691. The molecule has 1 aliphatic rings. The third-order valence-electron chi connectivity index (χ3n) is 7.45. The van der Waals surface area contributed by atoms with E-state index in [-0.39, 0.29) is 23.9 Å². The van der Waals surface area contributed by atoms with Crippen LogP contribution in [0.4, 0.5) is 10.2 Å². The van der Waals surface area contributed by atoms with Gasteiger partial charge in [-0.3, -0.25) is 4.79 Å². The van der Waals surface area contributed by atoms with Crippen LogP contribution in [-0.2, 0) is 21.4 Å². The Morgan fingerprint density at radius 1 is 0.884 bits per heavy atom. The number of carbonyl (C=O) groups is 1. The number of aromatic nitrogens is 2. The summed E-state index contributed by atoms with van der Waals surface area (Å²) in [6, 6.07) is 23.6. The van der Waals surface area contributed by atoms with E-state index in [0.29, 0.717) is 44.0 Å². The van der Waals surface area contributed by atoms with Gasteiger partial charge in [0.15, 0.2) is 5.82 Å². The molecule has 4 aromatic rings. The fourth-order valence-corrected chi connectivity index (χ4v) is 6.31. The van der Waals surface area contributed by atoms with Crippen molar-refractivity contribution in [1.29, 1.82) is 0 Å².